The number of hydrogen-bond donors (Lipinski definition) is 0. The summed E-state index contributed by atoms with van der Waals surface area (Å²) in [5.41, 5.74) is -1.21. The standard InChI is InChI=1S/C14H15Cl2N3O2S/c1-14(2,3)19-11(20)17(4)13(22)18(12(19)21)8-5-6-9(15)10(16)7-8/h5-7H,1-4H3. The van der Waals surface area contributed by atoms with Gasteiger partial charge in [-0.15, -0.1) is 0 Å². The van der Waals surface area contributed by atoms with Crippen LogP contribution in [-0.4, -0.2) is 13.7 Å². The van der Waals surface area contributed by atoms with Gasteiger partial charge in [0.05, 0.1) is 15.7 Å². The molecular weight excluding hydrogens is 345 g/mol. The molecule has 0 bridgehead atoms. The number of hydrogen-bond acceptors (Lipinski definition) is 3. The van der Waals surface area contributed by atoms with E-state index >= 15 is 0 Å². The Hall–Kier alpha value is -1.37. The minimum atomic E-state index is -0.688. The van der Waals surface area contributed by atoms with Crippen LogP contribution in [0, 0.1) is 4.77 Å². The van der Waals surface area contributed by atoms with Crippen LogP contribution in [-0.2, 0) is 12.6 Å². The maximum Gasteiger partial charge on any atom is 0.339 e. The van der Waals surface area contributed by atoms with Gasteiger partial charge in [0, 0.05) is 12.6 Å². The lowest BCUT2D eigenvalue weighted by Crippen LogP contribution is -2.51. The van der Waals surface area contributed by atoms with Crippen molar-refractivity contribution in [3.63, 3.8) is 0 Å². The van der Waals surface area contributed by atoms with Gasteiger partial charge in [0.2, 0.25) is 0 Å². The third-order valence-corrected chi connectivity index (χ3v) is 4.37. The van der Waals surface area contributed by atoms with Gasteiger partial charge < -0.3 is 0 Å². The topological polar surface area (TPSA) is 48.9 Å². The Balaban J connectivity index is 2.97. The Labute approximate surface area is 142 Å². The summed E-state index contributed by atoms with van der Waals surface area (Å²) in [5.74, 6) is 0. The zero-order valence-corrected chi connectivity index (χ0v) is 14.9. The normalized spacial score (nSPS) is 11.7. The van der Waals surface area contributed by atoms with Gasteiger partial charge in [0.25, 0.3) is 0 Å². The van der Waals surface area contributed by atoms with E-state index in [0.29, 0.717) is 15.7 Å². The van der Waals surface area contributed by atoms with Crippen molar-refractivity contribution in [2.45, 2.75) is 26.3 Å². The Kier molecular flexibility index (Phi) is 4.39. The molecule has 2 aromatic rings. The minimum Gasteiger partial charge on any atom is -0.273 e. The largest absolute Gasteiger partial charge is 0.339 e. The second kappa shape index (κ2) is 5.68. The summed E-state index contributed by atoms with van der Waals surface area (Å²) in [6.07, 6.45) is 0. The molecule has 0 aliphatic carbocycles. The number of nitrogens with zero attached hydrogens (tertiary/aromatic N) is 3. The van der Waals surface area contributed by atoms with E-state index < -0.39 is 16.9 Å². The van der Waals surface area contributed by atoms with Crippen LogP contribution in [0.1, 0.15) is 20.8 Å². The van der Waals surface area contributed by atoms with Gasteiger partial charge in [0.15, 0.2) is 4.77 Å². The van der Waals surface area contributed by atoms with E-state index in [1.165, 1.54) is 16.2 Å². The predicted molar refractivity (Wildman–Crippen MR) is 91.1 cm³/mol. The van der Waals surface area contributed by atoms with E-state index in [0.717, 1.165) is 4.57 Å². The first-order valence-electron chi connectivity index (χ1n) is 6.46. The van der Waals surface area contributed by atoms with Crippen LogP contribution in [0.2, 0.25) is 10.0 Å². The molecule has 0 aliphatic rings. The van der Waals surface area contributed by atoms with Crippen molar-refractivity contribution in [1.82, 2.24) is 13.7 Å². The molecule has 0 atom stereocenters. The molecule has 1 aromatic heterocycles. The van der Waals surface area contributed by atoms with Crippen LogP contribution in [0.3, 0.4) is 0 Å². The number of benzene rings is 1. The lowest BCUT2D eigenvalue weighted by atomic mass is 10.1. The molecule has 0 saturated carbocycles. The first-order valence-corrected chi connectivity index (χ1v) is 7.63. The van der Waals surface area contributed by atoms with Gasteiger partial charge in [-0.1, -0.05) is 23.2 Å². The lowest BCUT2D eigenvalue weighted by Gasteiger charge is -2.23. The zero-order chi connectivity index (χ0) is 16.8. The van der Waals surface area contributed by atoms with Gasteiger partial charge in [-0.05, 0) is 51.2 Å². The van der Waals surface area contributed by atoms with Crippen molar-refractivity contribution < 1.29 is 0 Å². The van der Waals surface area contributed by atoms with E-state index in [1.54, 1.807) is 39.0 Å². The highest BCUT2D eigenvalue weighted by Gasteiger charge is 2.22. The van der Waals surface area contributed by atoms with Gasteiger partial charge in [-0.3, -0.25) is 4.57 Å². The first kappa shape index (κ1) is 17.0. The molecule has 0 fully saturated rings. The predicted octanol–water partition coefficient (Wildman–Crippen LogP) is 3.13. The van der Waals surface area contributed by atoms with Crippen molar-refractivity contribution in [3.05, 3.63) is 54.0 Å². The van der Waals surface area contributed by atoms with E-state index in [-0.39, 0.29) is 4.77 Å². The van der Waals surface area contributed by atoms with Crippen LogP contribution < -0.4 is 11.4 Å². The Bertz CT molecular complexity index is 920. The Morgan fingerprint density at radius 3 is 2.14 bits per heavy atom. The molecule has 1 aromatic carbocycles. The first-order chi connectivity index (χ1) is 10.1. The summed E-state index contributed by atoms with van der Waals surface area (Å²) < 4.78 is 3.77. The average molecular weight is 360 g/mol. The third-order valence-electron chi connectivity index (χ3n) is 3.17. The smallest absolute Gasteiger partial charge is 0.273 e. The van der Waals surface area contributed by atoms with Crippen molar-refractivity contribution in [3.8, 4) is 5.69 Å². The molecule has 0 aliphatic heterocycles. The fourth-order valence-electron chi connectivity index (χ4n) is 2.06. The Morgan fingerprint density at radius 2 is 1.64 bits per heavy atom. The summed E-state index contributed by atoms with van der Waals surface area (Å²) in [5, 5.41) is 0.675. The van der Waals surface area contributed by atoms with E-state index in [1.807, 2.05) is 0 Å². The maximum atomic E-state index is 12.8. The molecule has 0 amide bonds. The minimum absolute atomic E-state index is 0.0916. The average Bonchev–Trinajstić information content (AvgIpc) is 2.39. The Morgan fingerprint density at radius 1 is 1.05 bits per heavy atom. The van der Waals surface area contributed by atoms with Crippen LogP contribution >= 0.6 is 35.4 Å². The van der Waals surface area contributed by atoms with Crippen molar-refractivity contribution >= 4 is 35.4 Å². The summed E-state index contributed by atoms with van der Waals surface area (Å²) in [7, 11) is 1.53. The summed E-state index contributed by atoms with van der Waals surface area (Å²) in [6.45, 7) is 5.33. The quantitative estimate of drug-likeness (QED) is 0.735. The molecule has 2 rings (SSSR count). The summed E-state index contributed by atoms with van der Waals surface area (Å²) >= 11 is 17.2. The van der Waals surface area contributed by atoms with Crippen LogP contribution in [0.25, 0.3) is 5.69 Å². The van der Waals surface area contributed by atoms with Crippen LogP contribution in [0.15, 0.2) is 27.8 Å². The molecule has 0 N–H and O–H groups in total. The van der Waals surface area contributed by atoms with E-state index in [2.05, 4.69) is 0 Å². The number of aromatic nitrogens is 3. The third kappa shape index (κ3) is 2.78. The lowest BCUT2D eigenvalue weighted by molar-refractivity contribution is 0.341. The monoisotopic (exact) mass is 359 g/mol. The second-order valence-corrected chi connectivity index (χ2v) is 7.03. The zero-order valence-electron chi connectivity index (χ0n) is 12.6. The van der Waals surface area contributed by atoms with Crippen molar-refractivity contribution in [1.29, 1.82) is 0 Å². The second-order valence-electron chi connectivity index (χ2n) is 5.85. The molecule has 0 radical (unpaired) electrons. The van der Waals surface area contributed by atoms with Crippen LogP contribution in [0.4, 0.5) is 0 Å². The van der Waals surface area contributed by atoms with Crippen molar-refractivity contribution in [2.24, 2.45) is 7.05 Å². The number of rotatable bonds is 1. The number of halogens is 2. The fraction of sp³-hybridized carbons (Fsp3) is 0.357. The molecule has 118 valence electrons. The molecule has 0 saturated heterocycles. The summed E-state index contributed by atoms with van der Waals surface area (Å²) in [6, 6.07) is 4.74. The highest BCUT2D eigenvalue weighted by atomic mass is 35.5. The fourth-order valence-corrected chi connectivity index (χ4v) is 2.62. The molecular formula is C14H15Cl2N3O2S. The molecule has 22 heavy (non-hydrogen) atoms. The van der Waals surface area contributed by atoms with Crippen molar-refractivity contribution in [2.75, 3.05) is 0 Å². The van der Waals surface area contributed by atoms with Crippen LogP contribution in [0.5, 0.6) is 0 Å². The SMILES string of the molecule is Cn1c(=S)n(-c2ccc(Cl)c(Cl)c2)c(=O)n(C(C)(C)C)c1=O. The molecule has 8 heteroatoms. The van der Waals surface area contributed by atoms with Gasteiger partial charge in [-0.25, -0.2) is 18.7 Å². The highest BCUT2D eigenvalue weighted by molar-refractivity contribution is 7.71. The molecule has 0 spiro atoms. The highest BCUT2D eigenvalue weighted by Crippen LogP contribution is 2.24. The van der Waals surface area contributed by atoms with E-state index in [4.69, 9.17) is 35.4 Å². The molecule has 5 nitrogen and oxygen atoms in total. The van der Waals surface area contributed by atoms with Gasteiger partial charge in [0.1, 0.15) is 0 Å². The van der Waals surface area contributed by atoms with E-state index in [9.17, 15) is 9.59 Å². The maximum absolute atomic E-state index is 12.8. The molecule has 1 heterocycles. The van der Waals surface area contributed by atoms with Gasteiger partial charge >= 0.3 is 11.4 Å². The van der Waals surface area contributed by atoms with Gasteiger partial charge in [-0.2, -0.15) is 0 Å². The summed E-state index contributed by atoms with van der Waals surface area (Å²) in [4.78, 5) is 25.1. The molecule has 0 unspecified atom stereocenters.